The number of piperidine rings is 3. The van der Waals surface area contributed by atoms with Crippen molar-refractivity contribution >= 4 is 23.0 Å². The number of quaternary nitrogens is 1. The zero-order valence-corrected chi connectivity index (χ0v) is 35.6. The van der Waals surface area contributed by atoms with Gasteiger partial charge in [0.15, 0.2) is 6.10 Å². The molecule has 318 valence electrons. The smallest absolute Gasteiger partial charge is 0.416 e. The molecule has 62 heavy (non-hydrogen) atoms. The number of pyridine rings is 1. The minimum Gasteiger partial charge on any atom is -1.00 e. The topological polar surface area (TPSA) is 77.5 Å². The zero-order chi connectivity index (χ0) is 42.1. The SMILES string of the molecule is C=C[C@H]1C[N+]2(Cc3cccc(C(F)(F)F)c3)CC[C@H]1C[C@@H]2[C@@H](OC(=O)[C@@H](Cc1ccccc1)NC(=O)OCC1c2ccccc2-c2ccccc21)c1ccnc2ccccc12.[Br-]. The van der Waals surface area contributed by atoms with E-state index in [4.69, 9.17) is 9.47 Å². The number of alkyl halides is 3. The molecule has 5 aromatic carbocycles. The van der Waals surface area contributed by atoms with Crippen LogP contribution in [-0.4, -0.2) is 53.3 Å². The molecule has 0 saturated carbocycles. The lowest BCUT2D eigenvalue weighted by molar-refractivity contribution is -0.984. The van der Waals surface area contributed by atoms with E-state index in [1.54, 1.807) is 12.3 Å². The Morgan fingerprint density at radius 2 is 1.53 bits per heavy atom. The number of nitrogens with zero attached hydrogens (tertiary/aromatic N) is 2. The van der Waals surface area contributed by atoms with Gasteiger partial charge in [-0.05, 0) is 58.0 Å². The fourth-order valence-electron chi connectivity index (χ4n) is 10.3. The van der Waals surface area contributed by atoms with Crippen LogP contribution in [0.15, 0.2) is 152 Å². The summed E-state index contributed by atoms with van der Waals surface area (Å²) in [6.45, 7) is 5.87. The number of carbonyl (C=O) groups is 2. The van der Waals surface area contributed by atoms with Gasteiger partial charge in [0.25, 0.3) is 0 Å². The number of carbonyl (C=O) groups excluding carboxylic acids is 2. The van der Waals surface area contributed by atoms with Crippen molar-refractivity contribution in [2.24, 2.45) is 11.8 Å². The molecular formula is C51H47BrF3N3O4. The first-order chi connectivity index (χ1) is 29.6. The summed E-state index contributed by atoms with van der Waals surface area (Å²) in [4.78, 5) is 33.4. The molecule has 6 atom stereocenters. The number of fused-ring (bicyclic) bond motifs is 7. The van der Waals surface area contributed by atoms with E-state index >= 15 is 0 Å². The molecule has 1 aromatic heterocycles. The van der Waals surface area contributed by atoms with Crippen LogP contribution >= 0.6 is 0 Å². The van der Waals surface area contributed by atoms with Crippen LogP contribution in [0.2, 0.25) is 0 Å². The number of para-hydroxylation sites is 1. The number of amides is 1. The third-order valence-electron chi connectivity index (χ3n) is 13.2. The monoisotopic (exact) mass is 901 g/mol. The minimum atomic E-state index is -4.49. The second kappa shape index (κ2) is 17.9. The van der Waals surface area contributed by atoms with E-state index in [0.717, 1.165) is 56.8 Å². The van der Waals surface area contributed by atoms with Crippen molar-refractivity contribution in [3.05, 3.63) is 186 Å². The molecule has 4 heterocycles. The average Bonchev–Trinajstić information content (AvgIpc) is 3.60. The molecule has 3 saturated heterocycles. The first kappa shape index (κ1) is 42.9. The second-order valence-electron chi connectivity index (χ2n) is 16.7. The summed E-state index contributed by atoms with van der Waals surface area (Å²) in [5.74, 6) is -0.419. The lowest BCUT2D eigenvalue weighted by Gasteiger charge is -2.58. The molecule has 4 aliphatic rings. The van der Waals surface area contributed by atoms with E-state index in [-0.39, 0.29) is 53.8 Å². The van der Waals surface area contributed by atoms with Crippen LogP contribution in [0.25, 0.3) is 22.0 Å². The largest absolute Gasteiger partial charge is 1.00 e. The first-order valence-electron chi connectivity index (χ1n) is 20.9. The van der Waals surface area contributed by atoms with Crippen molar-refractivity contribution in [3.63, 3.8) is 0 Å². The number of nitrogens with one attached hydrogen (secondary N) is 1. The molecular weight excluding hydrogens is 855 g/mol. The maximum absolute atomic E-state index is 14.9. The van der Waals surface area contributed by atoms with Crippen molar-refractivity contribution in [1.29, 1.82) is 0 Å². The molecule has 1 N–H and O–H groups in total. The number of hydrogen-bond donors (Lipinski definition) is 1. The van der Waals surface area contributed by atoms with E-state index in [2.05, 4.69) is 29.0 Å². The number of hydrogen-bond acceptors (Lipinski definition) is 5. The summed E-state index contributed by atoms with van der Waals surface area (Å²) in [7, 11) is 0. The predicted molar refractivity (Wildman–Crippen MR) is 228 cm³/mol. The number of ether oxygens (including phenoxy) is 2. The van der Waals surface area contributed by atoms with Gasteiger partial charge in [-0.15, -0.1) is 6.58 Å². The molecule has 1 amide bonds. The number of alkyl carbamates (subject to hydrolysis) is 1. The molecule has 11 heteroatoms. The molecule has 10 rings (SSSR count). The Bertz CT molecular complexity index is 2540. The zero-order valence-electron chi connectivity index (χ0n) is 34.0. The van der Waals surface area contributed by atoms with Gasteiger partial charge in [0.05, 0.1) is 24.2 Å². The predicted octanol–water partition coefficient (Wildman–Crippen LogP) is 7.60. The maximum atomic E-state index is 14.9. The highest BCUT2D eigenvalue weighted by atomic mass is 79.9. The molecule has 1 unspecified atom stereocenters. The Morgan fingerprint density at radius 1 is 0.855 bits per heavy atom. The van der Waals surface area contributed by atoms with E-state index < -0.39 is 35.9 Å². The first-order valence-corrected chi connectivity index (χ1v) is 20.9. The standard InChI is InChI=1S/C51H46F3N3O4.BrH/c1-2-35-31-57(30-34-15-12-16-37(27-34)51(52,53)54)26-24-36(35)29-47(57)48(43-23-25-55-45-22-11-10-21-42(43)45)61-49(58)46(28-33-13-4-3-5-14-33)56-50(59)60-32-44-40-19-8-6-17-38(40)39-18-7-9-20-41(39)44;/h2-23,25,27,35-36,44,46-48H,1,24,26,28-32H2;1H/t35-,36-,46+,47+,48-,57?;/m0./s1. The highest BCUT2D eigenvalue weighted by Crippen LogP contribution is 2.50. The fraction of sp³-hybridized carbons (Fsp3) is 0.275. The molecule has 2 bridgehead atoms. The number of esters is 1. The fourth-order valence-corrected chi connectivity index (χ4v) is 10.3. The Balaban J connectivity index is 0.00000529. The van der Waals surface area contributed by atoms with Gasteiger partial charge in [-0.25, -0.2) is 9.59 Å². The summed E-state index contributed by atoms with van der Waals surface area (Å²) in [5, 5.41) is 3.69. The van der Waals surface area contributed by atoms with Crippen LogP contribution in [0, 0.1) is 11.8 Å². The van der Waals surface area contributed by atoms with E-state index in [1.165, 1.54) is 12.1 Å². The highest BCUT2D eigenvalue weighted by molar-refractivity contribution is 5.85. The maximum Gasteiger partial charge on any atom is 0.416 e. The van der Waals surface area contributed by atoms with Crippen LogP contribution in [0.5, 0.6) is 0 Å². The van der Waals surface area contributed by atoms with Crippen molar-refractivity contribution < 1.29 is 53.7 Å². The van der Waals surface area contributed by atoms with Crippen molar-refractivity contribution in [1.82, 2.24) is 10.3 Å². The molecule has 6 aromatic rings. The van der Waals surface area contributed by atoms with Crippen LogP contribution in [0.4, 0.5) is 18.0 Å². The average molecular weight is 903 g/mol. The van der Waals surface area contributed by atoms with Gasteiger partial charge in [0.1, 0.15) is 25.2 Å². The number of benzene rings is 5. The number of aromatic nitrogens is 1. The third-order valence-corrected chi connectivity index (χ3v) is 13.2. The van der Waals surface area contributed by atoms with E-state index in [0.29, 0.717) is 36.1 Å². The second-order valence-corrected chi connectivity index (χ2v) is 16.7. The van der Waals surface area contributed by atoms with Gasteiger partial charge >= 0.3 is 18.2 Å². The van der Waals surface area contributed by atoms with Crippen LogP contribution < -0.4 is 22.3 Å². The molecule has 1 aliphatic carbocycles. The molecule has 3 aliphatic heterocycles. The molecule has 7 nitrogen and oxygen atoms in total. The lowest BCUT2D eigenvalue weighted by Crippen LogP contribution is -3.00. The Morgan fingerprint density at radius 3 is 2.26 bits per heavy atom. The number of halogens is 4. The summed E-state index contributed by atoms with van der Waals surface area (Å²) in [5.41, 5.74) is 6.51. The highest BCUT2D eigenvalue weighted by Gasteiger charge is 2.55. The molecule has 0 spiro atoms. The van der Waals surface area contributed by atoms with Crippen molar-refractivity contribution in [2.75, 3.05) is 19.7 Å². The lowest BCUT2D eigenvalue weighted by atomic mass is 9.71. The van der Waals surface area contributed by atoms with Crippen LogP contribution in [0.1, 0.15) is 58.2 Å². The van der Waals surface area contributed by atoms with Gasteiger partial charge in [0.2, 0.25) is 0 Å². The van der Waals surface area contributed by atoms with Crippen molar-refractivity contribution in [3.8, 4) is 11.1 Å². The Labute approximate surface area is 370 Å². The minimum absolute atomic E-state index is 0. The van der Waals surface area contributed by atoms with Gasteiger partial charge < -0.3 is 36.3 Å². The van der Waals surface area contributed by atoms with Gasteiger partial charge in [0, 0.05) is 53.8 Å². The van der Waals surface area contributed by atoms with E-state index in [1.807, 2.05) is 103 Å². The normalized spacial score (nSPS) is 21.2. The van der Waals surface area contributed by atoms with Crippen LogP contribution in [-0.2, 0) is 33.4 Å². The number of rotatable bonds is 12. The van der Waals surface area contributed by atoms with Crippen molar-refractivity contribution in [2.45, 2.75) is 56.1 Å². The van der Waals surface area contributed by atoms with Gasteiger partial charge in [-0.2, -0.15) is 13.2 Å². The molecule has 0 radical (unpaired) electrons. The van der Waals surface area contributed by atoms with Gasteiger partial charge in [-0.3, -0.25) is 4.98 Å². The third kappa shape index (κ3) is 8.52. The van der Waals surface area contributed by atoms with Crippen LogP contribution in [0.3, 0.4) is 0 Å². The quantitative estimate of drug-likeness (QED) is 0.0779. The molecule has 3 fully saturated rings. The Kier molecular flexibility index (Phi) is 12.4. The summed E-state index contributed by atoms with van der Waals surface area (Å²) in [6, 6.07) is 39.3. The summed E-state index contributed by atoms with van der Waals surface area (Å²) >= 11 is 0. The summed E-state index contributed by atoms with van der Waals surface area (Å²) < 4.78 is 55.2. The van der Waals surface area contributed by atoms with E-state index in [9.17, 15) is 22.8 Å². The Hall–Kier alpha value is -5.78. The van der Waals surface area contributed by atoms with Gasteiger partial charge in [-0.1, -0.05) is 115 Å². The summed E-state index contributed by atoms with van der Waals surface area (Å²) in [6.07, 6.45) is -0.724.